The molecule has 0 saturated carbocycles. The van der Waals surface area contributed by atoms with Crippen molar-refractivity contribution in [1.82, 2.24) is 5.06 Å². The topological polar surface area (TPSA) is 42.0 Å². The van der Waals surface area contributed by atoms with E-state index >= 15 is 0 Å². The number of hydrogen-bond donors (Lipinski definition) is 0. The number of rotatable bonds is 5. The minimum Gasteiger partial charge on any atom is -0.372 e. The molecule has 0 bridgehead atoms. The molecule has 0 radical (unpaired) electrons. The predicted molar refractivity (Wildman–Crippen MR) is 77.4 cm³/mol. The van der Waals surface area contributed by atoms with Gasteiger partial charge in [-0.3, -0.25) is 9.63 Å². The Bertz CT molecular complexity index is 441. The van der Waals surface area contributed by atoms with E-state index in [2.05, 4.69) is 4.90 Å². The first-order chi connectivity index (χ1) is 9.67. The molecule has 5 nitrogen and oxygen atoms in total. The van der Waals surface area contributed by atoms with Gasteiger partial charge < -0.3 is 9.64 Å². The number of carbonyl (C=O) groups excluding carboxylic acids is 1. The lowest BCUT2D eigenvalue weighted by atomic mass is 10.1. The summed E-state index contributed by atoms with van der Waals surface area (Å²) in [5.41, 5.74) is 2.04. The van der Waals surface area contributed by atoms with E-state index in [1.54, 1.807) is 7.05 Å². The van der Waals surface area contributed by atoms with Gasteiger partial charge in [0.05, 0.1) is 7.11 Å². The second kappa shape index (κ2) is 6.72. The summed E-state index contributed by atoms with van der Waals surface area (Å²) in [7, 11) is 4.56. The molecule has 5 heteroatoms. The molecule has 110 valence electrons. The zero-order chi connectivity index (χ0) is 14.5. The highest BCUT2D eigenvalue weighted by molar-refractivity contribution is 5.81. The summed E-state index contributed by atoms with van der Waals surface area (Å²) in [6, 6.07) is 7.99. The lowest BCUT2D eigenvalue weighted by Gasteiger charge is -2.22. The maximum Gasteiger partial charge on any atom is 0.279 e. The van der Waals surface area contributed by atoms with E-state index in [-0.39, 0.29) is 5.91 Å². The van der Waals surface area contributed by atoms with E-state index in [0.717, 1.165) is 18.7 Å². The van der Waals surface area contributed by atoms with Crippen molar-refractivity contribution in [3.8, 4) is 0 Å². The van der Waals surface area contributed by atoms with E-state index in [1.165, 1.54) is 37.8 Å². The lowest BCUT2D eigenvalue weighted by Crippen LogP contribution is -2.31. The highest BCUT2D eigenvalue weighted by Gasteiger charge is 2.24. The first-order valence-electron chi connectivity index (χ1n) is 6.86. The molecule has 0 spiro atoms. The van der Waals surface area contributed by atoms with Crippen molar-refractivity contribution in [3.63, 3.8) is 0 Å². The SMILES string of the molecule is COC(C(=O)N(C)OC)c1ccc(N2CCCC2)cc1. The number of ether oxygens (including phenoxy) is 1. The van der Waals surface area contributed by atoms with Crippen molar-refractivity contribution < 1.29 is 14.4 Å². The van der Waals surface area contributed by atoms with Gasteiger partial charge >= 0.3 is 0 Å². The second-order valence-corrected chi connectivity index (χ2v) is 4.92. The van der Waals surface area contributed by atoms with Crippen LogP contribution in [0, 0.1) is 0 Å². The van der Waals surface area contributed by atoms with Gasteiger partial charge in [0.1, 0.15) is 0 Å². The van der Waals surface area contributed by atoms with Gasteiger partial charge in [-0.15, -0.1) is 0 Å². The molecule has 1 unspecified atom stereocenters. The molecular weight excluding hydrogens is 256 g/mol. The molecule has 20 heavy (non-hydrogen) atoms. The average molecular weight is 278 g/mol. The van der Waals surface area contributed by atoms with Crippen LogP contribution in [0.15, 0.2) is 24.3 Å². The van der Waals surface area contributed by atoms with Crippen molar-refractivity contribution in [2.45, 2.75) is 18.9 Å². The zero-order valence-corrected chi connectivity index (χ0v) is 12.3. The monoisotopic (exact) mass is 278 g/mol. The Hall–Kier alpha value is -1.59. The summed E-state index contributed by atoms with van der Waals surface area (Å²) >= 11 is 0. The number of benzene rings is 1. The molecule has 1 atom stereocenters. The minimum absolute atomic E-state index is 0.219. The Morgan fingerprint density at radius 1 is 1.20 bits per heavy atom. The summed E-state index contributed by atoms with van der Waals surface area (Å²) in [6.07, 6.45) is 1.87. The van der Waals surface area contributed by atoms with Crippen LogP contribution < -0.4 is 4.90 Å². The van der Waals surface area contributed by atoms with Crippen molar-refractivity contribution in [2.24, 2.45) is 0 Å². The highest BCUT2D eigenvalue weighted by atomic mass is 16.7. The number of hydrogen-bond acceptors (Lipinski definition) is 4. The number of likely N-dealkylation sites (N-methyl/N-ethyl adjacent to an activating group) is 1. The van der Waals surface area contributed by atoms with Gasteiger partial charge in [0.15, 0.2) is 6.10 Å². The first kappa shape index (κ1) is 14.8. The number of amides is 1. The summed E-state index contributed by atoms with van der Waals surface area (Å²) in [6.45, 7) is 2.22. The predicted octanol–water partition coefficient (Wildman–Crippen LogP) is 1.99. The van der Waals surface area contributed by atoms with Crippen molar-refractivity contribution >= 4 is 11.6 Å². The summed E-state index contributed by atoms with van der Waals surface area (Å²) < 4.78 is 5.30. The van der Waals surface area contributed by atoms with Gasteiger partial charge in [0.2, 0.25) is 0 Å². The molecule has 0 aromatic heterocycles. The maximum atomic E-state index is 12.1. The van der Waals surface area contributed by atoms with Crippen LogP contribution in [0.5, 0.6) is 0 Å². The molecule has 0 N–H and O–H groups in total. The Morgan fingerprint density at radius 3 is 2.30 bits per heavy atom. The molecule has 1 aliphatic rings. The zero-order valence-electron chi connectivity index (χ0n) is 12.3. The molecule has 1 aromatic rings. The van der Waals surface area contributed by atoms with Crippen LogP contribution in [0.1, 0.15) is 24.5 Å². The molecule has 1 amide bonds. The largest absolute Gasteiger partial charge is 0.372 e. The summed E-state index contributed by atoms with van der Waals surface area (Å²) in [4.78, 5) is 19.4. The van der Waals surface area contributed by atoms with Crippen LogP contribution in [-0.2, 0) is 14.4 Å². The standard InChI is InChI=1S/C15H22N2O3/c1-16(20-3)15(18)14(19-2)12-6-8-13(9-7-12)17-10-4-5-11-17/h6-9,14H,4-5,10-11H2,1-3H3. The number of methoxy groups -OCH3 is 1. The molecular formula is C15H22N2O3. The fraction of sp³-hybridized carbons (Fsp3) is 0.533. The maximum absolute atomic E-state index is 12.1. The normalized spacial score (nSPS) is 16.2. The summed E-state index contributed by atoms with van der Waals surface area (Å²) in [5, 5.41) is 1.18. The Labute approximate surface area is 120 Å². The third-order valence-corrected chi connectivity index (χ3v) is 3.71. The van der Waals surface area contributed by atoms with Gasteiger partial charge in [0, 0.05) is 32.9 Å². The number of hydroxylamine groups is 2. The number of anilines is 1. The van der Waals surface area contributed by atoms with Crippen LogP contribution in [0.3, 0.4) is 0 Å². The number of carbonyl (C=O) groups is 1. The van der Waals surface area contributed by atoms with Crippen molar-refractivity contribution in [2.75, 3.05) is 39.3 Å². The average Bonchev–Trinajstić information content (AvgIpc) is 3.02. The van der Waals surface area contributed by atoms with Gasteiger partial charge in [0.25, 0.3) is 5.91 Å². The van der Waals surface area contributed by atoms with Crippen LogP contribution in [-0.4, -0.2) is 45.3 Å². The molecule has 0 aliphatic carbocycles. The van der Waals surface area contributed by atoms with Crippen LogP contribution in [0.25, 0.3) is 0 Å². The second-order valence-electron chi connectivity index (χ2n) is 4.92. The van der Waals surface area contributed by atoms with E-state index in [0.29, 0.717) is 0 Å². The van der Waals surface area contributed by atoms with E-state index in [4.69, 9.17) is 9.57 Å². The lowest BCUT2D eigenvalue weighted by molar-refractivity contribution is -0.179. The number of nitrogens with zero attached hydrogens (tertiary/aromatic N) is 2. The quantitative estimate of drug-likeness (QED) is 0.773. The molecule has 2 rings (SSSR count). The van der Waals surface area contributed by atoms with Gasteiger partial charge in [-0.25, -0.2) is 5.06 Å². The molecule has 1 heterocycles. The minimum atomic E-state index is -0.632. The molecule has 1 saturated heterocycles. The fourth-order valence-electron chi connectivity index (χ4n) is 2.47. The molecule has 1 aliphatic heterocycles. The van der Waals surface area contributed by atoms with Crippen molar-refractivity contribution in [1.29, 1.82) is 0 Å². The van der Waals surface area contributed by atoms with Crippen molar-refractivity contribution in [3.05, 3.63) is 29.8 Å². The van der Waals surface area contributed by atoms with E-state index < -0.39 is 6.10 Å². The van der Waals surface area contributed by atoms with Crippen LogP contribution in [0.4, 0.5) is 5.69 Å². The third kappa shape index (κ3) is 3.11. The van der Waals surface area contributed by atoms with Crippen LogP contribution in [0.2, 0.25) is 0 Å². The summed E-state index contributed by atoms with van der Waals surface area (Å²) in [5.74, 6) is -0.219. The highest BCUT2D eigenvalue weighted by Crippen LogP contribution is 2.25. The Kier molecular flexibility index (Phi) is 4.98. The molecule has 1 fully saturated rings. The fourth-order valence-corrected chi connectivity index (χ4v) is 2.47. The van der Waals surface area contributed by atoms with Gasteiger partial charge in [-0.2, -0.15) is 0 Å². The first-order valence-corrected chi connectivity index (χ1v) is 6.86. The van der Waals surface area contributed by atoms with Crippen LogP contribution >= 0.6 is 0 Å². The Balaban J connectivity index is 2.12. The van der Waals surface area contributed by atoms with E-state index in [1.807, 2.05) is 24.3 Å². The molecule has 1 aromatic carbocycles. The third-order valence-electron chi connectivity index (χ3n) is 3.71. The van der Waals surface area contributed by atoms with Gasteiger partial charge in [-0.1, -0.05) is 12.1 Å². The van der Waals surface area contributed by atoms with Gasteiger partial charge in [-0.05, 0) is 30.5 Å². The Morgan fingerprint density at radius 2 is 1.80 bits per heavy atom. The van der Waals surface area contributed by atoms with E-state index in [9.17, 15) is 4.79 Å². The smallest absolute Gasteiger partial charge is 0.279 e.